The number of rotatable bonds is 3. The van der Waals surface area contributed by atoms with Crippen molar-refractivity contribution in [3.8, 4) is 0 Å². The fourth-order valence-electron chi connectivity index (χ4n) is 1.29. The average Bonchev–Trinajstić information content (AvgIpc) is 2.78. The van der Waals surface area contributed by atoms with Crippen LogP contribution in [-0.4, -0.2) is 10.7 Å². The van der Waals surface area contributed by atoms with E-state index < -0.39 is 0 Å². The second kappa shape index (κ2) is 4.99. The lowest BCUT2D eigenvalue weighted by Crippen LogP contribution is -1.82. The first kappa shape index (κ1) is 11.0. The maximum absolute atomic E-state index is 3.98. The van der Waals surface area contributed by atoms with Crippen LogP contribution in [0.3, 0.4) is 0 Å². The first-order valence-corrected chi connectivity index (χ1v) is 7.92. The Labute approximate surface area is 104 Å². The topological polar surface area (TPSA) is 12.4 Å². The Bertz CT molecular complexity index is 466. The molecule has 3 heteroatoms. The third kappa shape index (κ3) is 2.52. The predicted octanol–water partition coefficient (Wildman–Crippen LogP) is 4.02. The van der Waals surface area contributed by atoms with Gasteiger partial charge < -0.3 is 0 Å². The molecular formula is C12H12INS. The van der Waals surface area contributed by atoms with Crippen molar-refractivity contribution in [3.63, 3.8) is 0 Å². The van der Waals surface area contributed by atoms with Crippen molar-refractivity contribution in [2.75, 3.05) is 0 Å². The monoisotopic (exact) mass is 329 g/mol. The van der Waals surface area contributed by atoms with Gasteiger partial charge in [-0.2, -0.15) is 0 Å². The molecular weight excluding hydrogens is 317 g/mol. The number of halogens is 1. The fourth-order valence-corrected chi connectivity index (χ4v) is 4.23. The zero-order chi connectivity index (χ0) is 10.7. The van der Waals surface area contributed by atoms with Crippen LogP contribution in [0.25, 0.3) is 5.57 Å². The van der Waals surface area contributed by atoms with Gasteiger partial charge in [0.25, 0.3) is 0 Å². The Morgan fingerprint density at radius 1 is 1.40 bits per heavy atom. The molecule has 1 nitrogen and oxygen atoms in total. The highest BCUT2D eigenvalue weighted by molar-refractivity contribution is 14.2. The average molecular weight is 329 g/mol. The van der Waals surface area contributed by atoms with Gasteiger partial charge in [-0.25, -0.2) is 0 Å². The Morgan fingerprint density at radius 2 is 2.27 bits per heavy atom. The summed E-state index contributed by atoms with van der Waals surface area (Å²) in [5.74, 6) is 0. The molecule has 0 radical (unpaired) electrons. The normalized spacial score (nSPS) is 15.3. The zero-order valence-corrected chi connectivity index (χ0v) is 11.5. The van der Waals surface area contributed by atoms with Crippen LogP contribution in [0.2, 0.25) is 0 Å². The second-order valence-corrected chi connectivity index (χ2v) is 6.63. The lowest BCUT2D eigenvalue weighted by Gasteiger charge is -2.01. The molecule has 15 heavy (non-hydrogen) atoms. The molecule has 0 saturated carbocycles. The van der Waals surface area contributed by atoms with Crippen molar-refractivity contribution < 1.29 is 0 Å². The van der Waals surface area contributed by atoms with Gasteiger partial charge in [0.05, 0.1) is 3.70 Å². The minimum absolute atomic E-state index is 0.0672. The Balaban J connectivity index is 2.27. The standard InChI is InChI=1S/C12H12INS/c1-3-10-5-6-11(15-10)9-4-7-12(14-2)13-8-9/h4-8H,2-3H2,1H3. The molecule has 2 heterocycles. The molecule has 0 aliphatic carbocycles. The lowest BCUT2D eigenvalue weighted by atomic mass is 10.2. The van der Waals surface area contributed by atoms with Gasteiger partial charge in [-0.3, -0.25) is 4.99 Å². The van der Waals surface area contributed by atoms with Crippen molar-refractivity contribution in [2.24, 2.45) is 4.99 Å². The SMILES string of the molecule is C=NC1=CC=C(c2ccc(CC)s2)C=I1. The van der Waals surface area contributed by atoms with Gasteiger partial charge in [0, 0.05) is 9.75 Å². The van der Waals surface area contributed by atoms with Crippen LogP contribution < -0.4 is 0 Å². The maximum Gasteiger partial charge on any atom is 0.0947 e. The Morgan fingerprint density at radius 3 is 2.80 bits per heavy atom. The molecule has 0 fully saturated rings. The van der Waals surface area contributed by atoms with Gasteiger partial charge in [0.15, 0.2) is 0 Å². The molecule has 0 unspecified atom stereocenters. The molecule has 0 bridgehead atoms. The van der Waals surface area contributed by atoms with Gasteiger partial charge in [0.2, 0.25) is 0 Å². The number of aliphatic imine (C=N–C) groups is 1. The van der Waals surface area contributed by atoms with Crippen molar-refractivity contribution in [3.05, 3.63) is 37.7 Å². The fraction of sp³-hybridized carbons (Fsp3) is 0.167. The summed E-state index contributed by atoms with van der Waals surface area (Å²) in [6.07, 6.45) is 5.38. The number of thiophene rings is 1. The van der Waals surface area contributed by atoms with E-state index in [0.717, 1.165) is 10.1 Å². The first-order valence-electron chi connectivity index (χ1n) is 4.78. The van der Waals surface area contributed by atoms with E-state index >= 15 is 0 Å². The molecule has 2 rings (SSSR count). The van der Waals surface area contributed by atoms with Crippen LogP contribution >= 0.6 is 32.1 Å². The van der Waals surface area contributed by atoms with Crippen LogP contribution in [0.5, 0.6) is 0 Å². The molecule has 1 aromatic rings. The summed E-state index contributed by atoms with van der Waals surface area (Å²) in [4.78, 5) is 6.82. The van der Waals surface area contributed by atoms with E-state index in [1.807, 2.05) is 11.3 Å². The minimum Gasteiger partial charge on any atom is -0.259 e. The molecule has 0 amide bonds. The van der Waals surface area contributed by atoms with E-state index in [4.69, 9.17) is 0 Å². The number of hydrogen-bond donors (Lipinski definition) is 0. The van der Waals surface area contributed by atoms with Gasteiger partial charge in [-0.05, 0) is 40.9 Å². The Hall–Kier alpha value is -0.550. The highest BCUT2D eigenvalue weighted by Gasteiger charge is 2.04. The molecule has 1 aliphatic heterocycles. The van der Waals surface area contributed by atoms with Gasteiger partial charge in [-0.15, -0.1) is 11.3 Å². The number of hydrogen-bond acceptors (Lipinski definition) is 2. The van der Waals surface area contributed by atoms with Crippen LogP contribution in [0.15, 0.2) is 33.0 Å². The van der Waals surface area contributed by atoms with Crippen molar-refractivity contribution in [2.45, 2.75) is 13.3 Å². The van der Waals surface area contributed by atoms with E-state index in [1.54, 1.807) is 0 Å². The molecule has 1 aliphatic rings. The number of allylic oxidation sites excluding steroid dienone is 3. The van der Waals surface area contributed by atoms with Crippen molar-refractivity contribution in [1.82, 2.24) is 0 Å². The van der Waals surface area contributed by atoms with Gasteiger partial charge in [-0.1, -0.05) is 33.7 Å². The quantitative estimate of drug-likeness (QED) is 0.451. The largest absolute Gasteiger partial charge is 0.259 e. The molecule has 78 valence electrons. The Kier molecular flexibility index (Phi) is 3.64. The number of aryl methyl sites for hydroxylation is 1. The summed E-state index contributed by atoms with van der Waals surface area (Å²) in [6, 6.07) is 4.44. The zero-order valence-electron chi connectivity index (χ0n) is 8.53. The van der Waals surface area contributed by atoms with E-state index in [2.05, 4.69) is 46.9 Å². The highest BCUT2D eigenvalue weighted by Crippen LogP contribution is 2.29. The minimum atomic E-state index is -0.0672. The van der Waals surface area contributed by atoms with E-state index in [0.29, 0.717) is 0 Å². The van der Waals surface area contributed by atoms with Crippen molar-refractivity contribution >= 4 is 48.4 Å². The van der Waals surface area contributed by atoms with Crippen LogP contribution in [-0.2, 0) is 6.42 Å². The van der Waals surface area contributed by atoms with E-state index in [9.17, 15) is 0 Å². The summed E-state index contributed by atoms with van der Waals surface area (Å²) in [5.41, 5.74) is 1.36. The van der Waals surface area contributed by atoms with Crippen molar-refractivity contribution in [1.29, 1.82) is 0 Å². The van der Waals surface area contributed by atoms with Crippen LogP contribution in [0.1, 0.15) is 16.7 Å². The second-order valence-electron chi connectivity index (χ2n) is 3.11. The summed E-state index contributed by atoms with van der Waals surface area (Å²) >= 11 is 1.82. The molecule has 0 aromatic carbocycles. The molecule has 0 spiro atoms. The molecule has 0 N–H and O–H groups in total. The predicted molar refractivity (Wildman–Crippen MR) is 79.4 cm³/mol. The van der Waals surface area contributed by atoms with Gasteiger partial charge in [0.1, 0.15) is 0 Å². The van der Waals surface area contributed by atoms with Gasteiger partial charge >= 0.3 is 0 Å². The molecule has 1 aromatic heterocycles. The lowest BCUT2D eigenvalue weighted by molar-refractivity contribution is 1.19. The molecule has 0 saturated heterocycles. The number of nitrogens with zero attached hydrogens (tertiary/aromatic N) is 1. The van der Waals surface area contributed by atoms with E-state index in [1.165, 1.54) is 15.3 Å². The third-order valence-electron chi connectivity index (χ3n) is 2.13. The summed E-state index contributed by atoms with van der Waals surface area (Å²) in [7, 11) is 0. The molecule has 0 atom stereocenters. The first-order chi connectivity index (χ1) is 7.33. The summed E-state index contributed by atoms with van der Waals surface area (Å²) < 4.78 is 3.48. The van der Waals surface area contributed by atoms with Crippen LogP contribution in [0, 0.1) is 0 Å². The van der Waals surface area contributed by atoms with E-state index in [-0.39, 0.29) is 20.7 Å². The third-order valence-corrected chi connectivity index (χ3v) is 5.73. The summed E-state index contributed by atoms with van der Waals surface area (Å²) in [6.45, 7) is 5.76. The maximum atomic E-state index is 3.98. The smallest absolute Gasteiger partial charge is 0.0947 e. The van der Waals surface area contributed by atoms with Crippen LogP contribution in [0.4, 0.5) is 0 Å². The highest BCUT2D eigenvalue weighted by atomic mass is 127. The summed E-state index contributed by atoms with van der Waals surface area (Å²) in [5, 5.41) is 0.